The molecule has 1 aromatic carbocycles. The van der Waals surface area contributed by atoms with Crippen LogP contribution in [0.5, 0.6) is 0 Å². The molecule has 3 nitrogen and oxygen atoms in total. The highest BCUT2D eigenvalue weighted by Crippen LogP contribution is 2.30. The van der Waals surface area contributed by atoms with Crippen molar-refractivity contribution in [2.75, 3.05) is 19.0 Å². The Hall–Kier alpha value is -1.26. The third-order valence-electron chi connectivity index (χ3n) is 3.67. The van der Waals surface area contributed by atoms with E-state index in [-0.39, 0.29) is 0 Å². The van der Waals surface area contributed by atoms with Gasteiger partial charge in [0.25, 0.3) is 0 Å². The number of furan rings is 1. The van der Waals surface area contributed by atoms with Crippen molar-refractivity contribution in [3.63, 3.8) is 0 Å². The van der Waals surface area contributed by atoms with Gasteiger partial charge in [-0.1, -0.05) is 15.9 Å². The summed E-state index contributed by atoms with van der Waals surface area (Å²) in [7, 11) is 4.09. The van der Waals surface area contributed by atoms with Crippen LogP contribution in [0.15, 0.2) is 39.4 Å². The van der Waals surface area contributed by atoms with Crippen molar-refractivity contribution in [3.8, 4) is 0 Å². The first-order valence-electron chi connectivity index (χ1n) is 6.73. The molecule has 2 aromatic rings. The lowest BCUT2D eigenvalue weighted by atomic mass is 10.1. The van der Waals surface area contributed by atoms with Crippen LogP contribution in [0.2, 0.25) is 0 Å². The van der Waals surface area contributed by atoms with Crippen LogP contribution in [0.1, 0.15) is 29.9 Å². The molecule has 4 heteroatoms. The number of hydrogen-bond acceptors (Lipinski definition) is 3. The van der Waals surface area contributed by atoms with Crippen LogP contribution in [-0.2, 0) is 6.54 Å². The van der Waals surface area contributed by atoms with Gasteiger partial charge in [-0.2, -0.15) is 0 Å². The average molecular weight is 337 g/mol. The van der Waals surface area contributed by atoms with Gasteiger partial charge in [0.05, 0.1) is 6.26 Å². The number of halogens is 1. The predicted octanol–water partition coefficient (Wildman–Crippen LogP) is 4.27. The van der Waals surface area contributed by atoms with Gasteiger partial charge in [0.1, 0.15) is 5.76 Å². The summed E-state index contributed by atoms with van der Waals surface area (Å²) in [4.78, 5) is 2.26. The molecule has 1 aromatic heterocycles. The minimum absolute atomic E-state index is 0.301. The topological polar surface area (TPSA) is 28.4 Å². The zero-order valence-electron chi connectivity index (χ0n) is 12.4. The molecule has 1 atom stereocenters. The summed E-state index contributed by atoms with van der Waals surface area (Å²) in [5, 5.41) is 3.31. The first-order valence-corrected chi connectivity index (χ1v) is 7.53. The van der Waals surface area contributed by atoms with E-state index in [0.29, 0.717) is 6.04 Å². The van der Waals surface area contributed by atoms with E-state index < -0.39 is 0 Å². The van der Waals surface area contributed by atoms with Gasteiger partial charge in [-0.15, -0.1) is 0 Å². The van der Waals surface area contributed by atoms with Gasteiger partial charge < -0.3 is 14.6 Å². The summed E-state index contributed by atoms with van der Waals surface area (Å²) in [5.41, 5.74) is 3.74. The maximum atomic E-state index is 5.37. The van der Waals surface area contributed by atoms with E-state index in [1.54, 1.807) is 6.26 Å². The zero-order valence-corrected chi connectivity index (χ0v) is 14.0. The normalized spacial score (nSPS) is 12.4. The summed E-state index contributed by atoms with van der Waals surface area (Å²) >= 11 is 3.55. The summed E-state index contributed by atoms with van der Waals surface area (Å²) in [6, 6.07) is 8.75. The molecule has 20 heavy (non-hydrogen) atoms. The minimum Gasteiger partial charge on any atom is -0.469 e. The molecule has 0 saturated heterocycles. The smallest absolute Gasteiger partial charge is 0.105 e. The maximum absolute atomic E-state index is 5.37. The van der Waals surface area contributed by atoms with Crippen LogP contribution in [0.25, 0.3) is 0 Å². The first-order chi connectivity index (χ1) is 9.52. The molecule has 1 unspecified atom stereocenters. The molecule has 1 N–H and O–H groups in total. The van der Waals surface area contributed by atoms with Crippen LogP contribution < -0.4 is 10.2 Å². The van der Waals surface area contributed by atoms with Gasteiger partial charge in [-0.05, 0) is 50.7 Å². The molecule has 0 fully saturated rings. The third-order valence-corrected chi connectivity index (χ3v) is 4.17. The largest absolute Gasteiger partial charge is 0.469 e. The van der Waals surface area contributed by atoms with Crippen molar-refractivity contribution in [3.05, 3.63) is 51.9 Å². The molecule has 0 aliphatic carbocycles. The van der Waals surface area contributed by atoms with Crippen LogP contribution >= 0.6 is 15.9 Å². The Labute approximate surface area is 129 Å². The van der Waals surface area contributed by atoms with E-state index >= 15 is 0 Å². The van der Waals surface area contributed by atoms with Gasteiger partial charge in [0.15, 0.2) is 0 Å². The second kappa shape index (κ2) is 6.46. The summed E-state index contributed by atoms with van der Waals surface area (Å²) in [6.45, 7) is 5.01. The van der Waals surface area contributed by atoms with E-state index in [1.165, 1.54) is 16.8 Å². The molecule has 1 heterocycles. The Bertz CT molecular complexity index is 580. The lowest BCUT2D eigenvalue weighted by Gasteiger charge is -2.25. The van der Waals surface area contributed by atoms with Gasteiger partial charge in [-0.25, -0.2) is 0 Å². The van der Waals surface area contributed by atoms with E-state index in [2.05, 4.69) is 58.3 Å². The molecule has 108 valence electrons. The second-order valence-electron chi connectivity index (χ2n) is 5.07. The standard InChI is InChI=1S/C16H21BrN2O/c1-11(18-3)15-9-14(17)5-6-16(15)19(4)10-13-7-8-20-12(13)2/h5-9,11,18H,10H2,1-4H3. The van der Waals surface area contributed by atoms with Gasteiger partial charge >= 0.3 is 0 Å². The number of hydrogen-bond donors (Lipinski definition) is 1. The molecular weight excluding hydrogens is 316 g/mol. The molecule has 0 radical (unpaired) electrons. The molecule has 0 bridgehead atoms. The maximum Gasteiger partial charge on any atom is 0.105 e. The van der Waals surface area contributed by atoms with E-state index in [9.17, 15) is 0 Å². The number of nitrogens with zero attached hydrogens (tertiary/aromatic N) is 1. The number of rotatable bonds is 5. The van der Waals surface area contributed by atoms with Crippen molar-refractivity contribution in [2.24, 2.45) is 0 Å². The van der Waals surface area contributed by atoms with E-state index in [4.69, 9.17) is 4.42 Å². The van der Waals surface area contributed by atoms with Crippen molar-refractivity contribution in [1.82, 2.24) is 5.32 Å². The Morgan fingerprint density at radius 2 is 2.10 bits per heavy atom. The molecule has 0 saturated carbocycles. The van der Waals surface area contributed by atoms with Gasteiger partial charge in [0, 0.05) is 35.4 Å². The second-order valence-corrected chi connectivity index (χ2v) is 5.99. The SMILES string of the molecule is CNC(C)c1cc(Br)ccc1N(C)Cc1ccoc1C. The van der Waals surface area contributed by atoms with Crippen molar-refractivity contribution in [2.45, 2.75) is 26.4 Å². The highest BCUT2D eigenvalue weighted by atomic mass is 79.9. The van der Waals surface area contributed by atoms with E-state index in [1.807, 2.05) is 20.0 Å². The average Bonchev–Trinajstić information content (AvgIpc) is 2.83. The Kier molecular flexibility index (Phi) is 4.89. The van der Waals surface area contributed by atoms with Gasteiger partial charge in [0.2, 0.25) is 0 Å². The lowest BCUT2D eigenvalue weighted by molar-refractivity contribution is 0.529. The molecule has 2 rings (SSSR count). The van der Waals surface area contributed by atoms with Gasteiger partial charge in [-0.3, -0.25) is 0 Å². The highest BCUT2D eigenvalue weighted by Gasteiger charge is 2.14. The van der Waals surface area contributed by atoms with Crippen LogP contribution in [0.4, 0.5) is 5.69 Å². The molecular formula is C16H21BrN2O. The number of anilines is 1. The summed E-state index contributed by atoms with van der Waals surface area (Å²) in [6.07, 6.45) is 1.75. The summed E-state index contributed by atoms with van der Waals surface area (Å²) < 4.78 is 6.48. The van der Waals surface area contributed by atoms with Crippen LogP contribution in [0.3, 0.4) is 0 Å². The Balaban J connectivity index is 2.29. The lowest BCUT2D eigenvalue weighted by Crippen LogP contribution is -2.21. The zero-order chi connectivity index (χ0) is 14.7. The molecule has 0 spiro atoms. The Morgan fingerprint density at radius 1 is 1.35 bits per heavy atom. The van der Waals surface area contributed by atoms with Crippen molar-refractivity contribution >= 4 is 21.6 Å². The number of aryl methyl sites for hydroxylation is 1. The monoisotopic (exact) mass is 336 g/mol. The summed E-state index contributed by atoms with van der Waals surface area (Å²) in [5.74, 6) is 0.983. The Morgan fingerprint density at radius 3 is 2.70 bits per heavy atom. The molecule has 0 amide bonds. The fourth-order valence-electron chi connectivity index (χ4n) is 2.29. The fourth-order valence-corrected chi connectivity index (χ4v) is 2.67. The first kappa shape index (κ1) is 15.1. The highest BCUT2D eigenvalue weighted by molar-refractivity contribution is 9.10. The number of nitrogens with one attached hydrogen (secondary N) is 1. The van der Waals surface area contributed by atoms with E-state index in [0.717, 1.165) is 16.8 Å². The van der Waals surface area contributed by atoms with Crippen LogP contribution in [0, 0.1) is 6.92 Å². The third kappa shape index (κ3) is 3.25. The predicted molar refractivity (Wildman–Crippen MR) is 87.2 cm³/mol. The van der Waals surface area contributed by atoms with Crippen molar-refractivity contribution < 1.29 is 4.42 Å². The molecule has 0 aliphatic heterocycles. The van der Waals surface area contributed by atoms with Crippen LogP contribution in [-0.4, -0.2) is 14.1 Å². The fraction of sp³-hybridized carbons (Fsp3) is 0.375. The minimum atomic E-state index is 0.301. The van der Waals surface area contributed by atoms with Crippen molar-refractivity contribution in [1.29, 1.82) is 0 Å². The quantitative estimate of drug-likeness (QED) is 0.883. The molecule has 0 aliphatic rings. The number of benzene rings is 1.